The van der Waals surface area contributed by atoms with E-state index in [0.717, 1.165) is 43.2 Å². The summed E-state index contributed by atoms with van der Waals surface area (Å²) in [6.45, 7) is 7.06. The molecule has 54 heavy (non-hydrogen) atoms. The first kappa shape index (κ1) is 40.1. The highest BCUT2D eigenvalue weighted by Crippen LogP contribution is 2.42. The zero-order valence-corrected chi connectivity index (χ0v) is 31.9. The van der Waals surface area contributed by atoms with E-state index in [-0.39, 0.29) is 36.7 Å². The minimum Gasteiger partial charge on any atom is -0.444 e. The highest BCUT2D eigenvalue weighted by atomic mass is 16.6. The van der Waals surface area contributed by atoms with Gasteiger partial charge in [-0.05, 0) is 81.3 Å². The number of rotatable bonds is 15. The second kappa shape index (κ2) is 18.8. The lowest BCUT2D eigenvalue weighted by molar-refractivity contribution is -0.122. The first-order valence-electron chi connectivity index (χ1n) is 18.6. The molecule has 1 aliphatic heterocycles. The van der Waals surface area contributed by atoms with E-state index in [0.29, 0.717) is 60.8 Å². The van der Waals surface area contributed by atoms with E-state index in [4.69, 9.17) is 19.2 Å². The molecule has 5 rings (SSSR count). The minimum atomic E-state index is -0.597. The molecule has 1 saturated heterocycles. The van der Waals surface area contributed by atoms with Crippen molar-refractivity contribution in [3.63, 3.8) is 0 Å². The van der Waals surface area contributed by atoms with E-state index in [1.165, 1.54) is 0 Å². The number of benzene rings is 2. The molecule has 0 unspecified atom stereocenters. The molecule has 0 bridgehead atoms. The number of fused-ring (bicyclic) bond motifs is 1. The van der Waals surface area contributed by atoms with Crippen LogP contribution in [0.1, 0.15) is 74.8 Å². The third-order valence-electron chi connectivity index (χ3n) is 9.46. The molecule has 14 heteroatoms. The molecule has 1 aliphatic carbocycles. The van der Waals surface area contributed by atoms with Gasteiger partial charge in [-0.25, -0.2) is 14.8 Å². The highest BCUT2D eigenvalue weighted by molar-refractivity contribution is 5.94. The lowest BCUT2D eigenvalue weighted by Gasteiger charge is -2.34. The van der Waals surface area contributed by atoms with Crippen molar-refractivity contribution in [1.29, 1.82) is 0 Å². The second-order valence-electron chi connectivity index (χ2n) is 14.7. The van der Waals surface area contributed by atoms with Crippen molar-refractivity contribution in [2.45, 2.75) is 83.5 Å². The van der Waals surface area contributed by atoms with Gasteiger partial charge in [0, 0.05) is 50.7 Å². The predicted molar refractivity (Wildman–Crippen MR) is 205 cm³/mol. The fourth-order valence-corrected chi connectivity index (χ4v) is 7.01. The standard InChI is InChI=1S/C40H53N7O7/c1-40(2,3)54-39(51)45-30-16-14-27(15-17-30)26-10-12-28(13-11-26)37(49)43-25-31-23-35(46-34(44-31)24-36(48)41-18-20-52-4)47-32-9-7-6-8-29(32)22-33(47)38(50)42-19-21-53-5/h10-17,23,29,32-33H,6-9,18-22,24-25H2,1-5H3,(H,41,48)(H,42,50)(H,43,49)(H,45,51)/t29-,32-,33-/m0/s1. The molecule has 2 aromatic carbocycles. The van der Waals surface area contributed by atoms with Crippen LogP contribution in [0.2, 0.25) is 0 Å². The summed E-state index contributed by atoms with van der Waals surface area (Å²) >= 11 is 0. The summed E-state index contributed by atoms with van der Waals surface area (Å²) in [4.78, 5) is 63.5. The molecule has 4 N–H and O–H groups in total. The van der Waals surface area contributed by atoms with Crippen molar-refractivity contribution in [1.82, 2.24) is 25.9 Å². The van der Waals surface area contributed by atoms with Crippen LogP contribution in [0.3, 0.4) is 0 Å². The zero-order chi connectivity index (χ0) is 38.7. The van der Waals surface area contributed by atoms with E-state index in [1.807, 2.05) is 30.3 Å². The number of nitrogens with one attached hydrogen (secondary N) is 4. The van der Waals surface area contributed by atoms with Gasteiger partial charge in [0.15, 0.2) is 0 Å². The maximum atomic E-state index is 13.5. The fourth-order valence-electron chi connectivity index (χ4n) is 7.01. The Morgan fingerprint density at radius 3 is 2.15 bits per heavy atom. The average Bonchev–Trinajstić information content (AvgIpc) is 3.54. The van der Waals surface area contributed by atoms with Gasteiger partial charge in [0.25, 0.3) is 5.91 Å². The largest absolute Gasteiger partial charge is 0.444 e. The summed E-state index contributed by atoms with van der Waals surface area (Å²) in [5, 5.41) is 11.5. The topological polar surface area (TPSA) is 173 Å². The SMILES string of the molecule is COCCNC(=O)Cc1nc(CNC(=O)c2ccc(-c3ccc(NC(=O)OC(C)(C)C)cc3)cc2)cc(N2[C@H](C(=O)NCCOC)C[C@@H]3CCCC[C@@H]32)n1. The Hall–Kier alpha value is -5.08. The smallest absolute Gasteiger partial charge is 0.412 e. The van der Waals surface area contributed by atoms with E-state index < -0.39 is 17.7 Å². The van der Waals surface area contributed by atoms with Crippen molar-refractivity contribution in [3.05, 3.63) is 71.7 Å². The number of hydrogen-bond donors (Lipinski definition) is 4. The Morgan fingerprint density at radius 2 is 1.48 bits per heavy atom. The first-order valence-corrected chi connectivity index (χ1v) is 18.6. The summed E-state index contributed by atoms with van der Waals surface area (Å²) in [7, 11) is 3.17. The summed E-state index contributed by atoms with van der Waals surface area (Å²) in [6.07, 6.45) is 4.30. The lowest BCUT2D eigenvalue weighted by atomic mass is 9.84. The van der Waals surface area contributed by atoms with Crippen LogP contribution in [0, 0.1) is 5.92 Å². The molecule has 3 aromatic rings. The summed E-state index contributed by atoms with van der Waals surface area (Å²) in [5.41, 5.74) is 2.82. The van der Waals surface area contributed by atoms with Crippen LogP contribution in [0.15, 0.2) is 54.6 Å². The Bertz CT molecular complexity index is 1740. The number of anilines is 2. The molecule has 290 valence electrons. The molecule has 0 spiro atoms. The van der Waals surface area contributed by atoms with Gasteiger partial charge >= 0.3 is 6.09 Å². The molecule has 1 saturated carbocycles. The van der Waals surface area contributed by atoms with Crippen molar-refractivity contribution in [2.24, 2.45) is 5.92 Å². The molecule has 2 aliphatic rings. The molecule has 2 fully saturated rings. The molecule has 3 atom stereocenters. The molecule has 0 radical (unpaired) electrons. The van der Waals surface area contributed by atoms with Gasteiger partial charge in [0.1, 0.15) is 23.3 Å². The van der Waals surface area contributed by atoms with E-state index in [2.05, 4.69) is 31.2 Å². The first-order chi connectivity index (χ1) is 25.9. The van der Waals surface area contributed by atoms with E-state index in [9.17, 15) is 19.2 Å². The highest BCUT2D eigenvalue weighted by Gasteiger charge is 2.46. The molecule has 1 aromatic heterocycles. The quantitative estimate of drug-likeness (QED) is 0.161. The van der Waals surface area contributed by atoms with Gasteiger partial charge in [0.05, 0.1) is 31.9 Å². The number of hydrogen-bond acceptors (Lipinski definition) is 10. The Balaban J connectivity index is 1.31. The number of carbonyl (C=O) groups is 4. The zero-order valence-electron chi connectivity index (χ0n) is 31.9. The average molecular weight is 744 g/mol. The van der Waals surface area contributed by atoms with Crippen LogP contribution in [0.4, 0.5) is 16.3 Å². The van der Waals surface area contributed by atoms with Crippen LogP contribution in [-0.2, 0) is 36.8 Å². The Kier molecular flexibility index (Phi) is 14.0. The third-order valence-corrected chi connectivity index (χ3v) is 9.46. The summed E-state index contributed by atoms with van der Waals surface area (Å²) in [6, 6.07) is 16.1. The number of ether oxygens (including phenoxy) is 3. The third kappa shape index (κ3) is 11.2. The van der Waals surface area contributed by atoms with Crippen molar-refractivity contribution in [3.8, 4) is 11.1 Å². The van der Waals surface area contributed by atoms with E-state index in [1.54, 1.807) is 59.3 Å². The maximum Gasteiger partial charge on any atom is 0.412 e. The van der Waals surface area contributed by atoms with Crippen molar-refractivity contribution in [2.75, 3.05) is 50.7 Å². The van der Waals surface area contributed by atoms with E-state index >= 15 is 0 Å². The van der Waals surface area contributed by atoms with Crippen LogP contribution in [0.25, 0.3) is 11.1 Å². The lowest BCUT2D eigenvalue weighted by Crippen LogP contribution is -2.48. The van der Waals surface area contributed by atoms with Gasteiger partial charge < -0.3 is 35.1 Å². The Morgan fingerprint density at radius 1 is 0.833 bits per heavy atom. The number of aromatic nitrogens is 2. The molecule has 4 amide bonds. The summed E-state index contributed by atoms with van der Waals surface area (Å²) in [5.74, 6) is 0.616. The van der Waals surface area contributed by atoms with Gasteiger partial charge in [0.2, 0.25) is 11.8 Å². The molecule has 2 heterocycles. The molecular weight excluding hydrogens is 690 g/mol. The van der Waals surface area contributed by atoms with Gasteiger partial charge in [-0.1, -0.05) is 37.1 Å². The molecule has 14 nitrogen and oxygen atoms in total. The number of nitrogens with zero attached hydrogens (tertiary/aromatic N) is 3. The van der Waals surface area contributed by atoms with Gasteiger partial charge in [-0.15, -0.1) is 0 Å². The predicted octanol–water partition coefficient (Wildman–Crippen LogP) is 4.63. The minimum absolute atomic E-state index is 0.0648. The summed E-state index contributed by atoms with van der Waals surface area (Å²) < 4.78 is 15.5. The normalized spacial score (nSPS) is 18.0. The van der Waals surface area contributed by atoms with Crippen molar-refractivity contribution < 1.29 is 33.4 Å². The van der Waals surface area contributed by atoms with Gasteiger partial charge in [-0.2, -0.15) is 0 Å². The molecular formula is C40H53N7O7. The van der Waals surface area contributed by atoms with Crippen LogP contribution >= 0.6 is 0 Å². The van der Waals surface area contributed by atoms with Crippen LogP contribution < -0.4 is 26.2 Å². The number of methoxy groups -OCH3 is 2. The van der Waals surface area contributed by atoms with Crippen molar-refractivity contribution >= 4 is 35.3 Å². The number of carbonyl (C=O) groups excluding carboxylic acids is 4. The maximum absolute atomic E-state index is 13.5. The monoisotopic (exact) mass is 743 g/mol. The fraction of sp³-hybridized carbons (Fsp3) is 0.500. The number of amides is 4. The second-order valence-corrected chi connectivity index (χ2v) is 14.7. The van der Waals surface area contributed by atoms with Crippen LogP contribution in [-0.4, -0.2) is 92.0 Å². The van der Waals surface area contributed by atoms with Gasteiger partial charge in [-0.3, -0.25) is 19.7 Å². The Labute approximate surface area is 317 Å². The van der Waals surface area contributed by atoms with Crippen LogP contribution in [0.5, 0.6) is 0 Å².